The zero-order valence-electron chi connectivity index (χ0n) is 14.2. The second kappa shape index (κ2) is 7.47. The Morgan fingerprint density at radius 1 is 0.963 bits per heavy atom. The van der Waals surface area contributed by atoms with Crippen molar-refractivity contribution in [2.24, 2.45) is 0 Å². The molecule has 0 saturated carbocycles. The minimum Gasteiger partial charge on any atom is -0.487 e. The summed E-state index contributed by atoms with van der Waals surface area (Å²) in [7, 11) is 0. The van der Waals surface area contributed by atoms with Crippen molar-refractivity contribution >= 4 is 46.4 Å². The first-order valence-electron chi connectivity index (χ1n) is 8.39. The van der Waals surface area contributed by atoms with Gasteiger partial charge >= 0.3 is 0 Å². The molecule has 0 aromatic heterocycles. The van der Waals surface area contributed by atoms with E-state index in [-0.39, 0.29) is 5.91 Å². The highest BCUT2D eigenvalue weighted by Gasteiger charge is 2.23. The number of carbonyl (C=O) groups is 1. The van der Waals surface area contributed by atoms with Crippen LogP contribution in [0.5, 0.6) is 5.75 Å². The largest absolute Gasteiger partial charge is 0.487 e. The van der Waals surface area contributed by atoms with Gasteiger partial charge in [-0.25, -0.2) is 0 Å². The van der Waals surface area contributed by atoms with Gasteiger partial charge in [0.05, 0.1) is 5.02 Å². The minimum atomic E-state index is -0.115. The smallest absolute Gasteiger partial charge is 0.256 e. The van der Waals surface area contributed by atoms with E-state index >= 15 is 0 Å². The van der Waals surface area contributed by atoms with Crippen molar-refractivity contribution in [3.8, 4) is 5.75 Å². The Morgan fingerprint density at radius 2 is 1.74 bits per heavy atom. The summed E-state index contributed by atoms with van der Waals surface area (Å²) in [6, 6.07) is 20.5. The van der Waals surface area contributed by atoms with Crippen molar-refractivity contribution in [1.82, 2.24) is 0 Å². The Hall–Kier alpha value is -2.75. The number of ether oxygens (including phenoxy) is 1. The first-order valence-corrected chi connectivity index (χ1v) is 9.15. The van der Waals surface area contributed by atoms with Gasteiger partial charge in [-0.05, 0) is 47.5 Å². The lowest BCUT2D eigenvalue weighted by Crippen LogP contribution is -2.03. The number of para-hydroxylation sites is 1. The zero-order valence-corrected chi connectivity index (χ0v) is 15.7. The number of hydrogen-bond acceptors (Lipinski definition) is 2. The van der Waals surface area contributed by atoms with Crippen LogP contribution < -0.4 is 10.1 Å². The minimum absolute atomic E-state index is 0.115. The summed E-state index contributed by atoms with van der Waals surface area (Å²) in [4.78, 5) is 12.2. The molecule has 3 aromatic carbocycles. The molecular formula is C22H15Cl2NO2. The monoisotopic (exact) mass is 395 g/mol. The molecule has 0 saturated heterocycles. The standard InChI is InChI=1S/C22H15Cl2NO2/c23-16-8-5-14(6-9-16)13-27-21-10-7-15(12-19(21)24)11-18-17-3-1-2-4-20(17)25-22(18)26/h1-12H,13H2,(H,25,26)/b18-11-. The van der Waals surface area contributed by atoms with Crippen LogP contribution in [0.15, 0.2) is 66.7 Å². The third-order valence-corrected chi connectivity index (χ3v) is 4.83. The topological polar surface area (TPSA) is 38.3 Å². The summed E-state index contributed by atoms with van der Waals surface area (Å²) in [5, 5.41) is 4.04. The SMILES string of the molecule is O=C1Nc2ccccc2/C1=C/c1ccc(OCc2ccc(Cl)cc2)c(Cl)c1. The molecule has 1 aliphatic heterocycles. The predicted octanol–water partition coefficient (Wildman–Crippen LogP) is 6.07. The van der Waals surface area contributed by atoms with E-state index in [9.17, 15) is 4.79 Å². The second-order valence-corrected chi connectivity index (χ2v) is 7.01. The number of carbonyl (C=O) groups excluding carboxylic acids is 1. The van der Waals surface area contributed by atoms with Gasteiger partial charge in [-0.1, -0.05) is 59.6 Å². The summed E-state index contributed by atoms with van der Waals surface area (Å²) in [5.41, 5.74) is 4.17. The fraction of sp³-hybridized carbons (Fsp3) is 0.0455. The first kappa shape index (κ1) is 17.7. The molecule has 3 nitrogen and oxygen atoms in total. The molecule has 0 aliphatic carbocycles. The summed E-state index contributed by atoms with van der Waals surface area (Å²) in [5.74, 6) is 0.473. The van der Waals surface area contributed by atoms with Gasteiger partial charge in [0.2, 0.25) is 0 Å². The Balaban J connectivity index is 1.53. The molecule has 5 heteroatoms. The van der Waals surface area contributed by atoms with Crippen LogP contribution in [0.2, 0.25) is 10.0 Å². The van der Waals surface area contributed by atoms with Gasteiger partial charge in [0.1, 0.15) is 12.4 Å². The van der Waals surface area contributed by atoms with Crippen molar-refractivity contribution in [3.05, 3.63) is 93.5 Å². The number of amides is 1. The van der Waals surface area contributed by atoms with Gasteiger partial charge in [-0.3, -0.25) is 4.79 Å². The second-order valence-electron chi connectivity index (χ2n) is 6.16. The number of nitrogens with one attached hydrogen (secondary N) is 1. The third-order valence-electron chi connectivity index (χ3n) is 4.28. The first-order chi connectivity index (χ1) is 13.1. The van der Waals surface area contributed by atoms with Crippen molar-refractivity contribution < 1.29 is 9.53 Å². The molecule has 3 aromatic rings. The molecule has 134 valence electrons. The highest BCUT2D eigenvalue weighted by atomic mass is 35.5. The molecular weight excluding hydrogens is 381 g/mol. The van der Waals surface area contributed by atoms with Crippen molar-refractivity contribution in [1.29, 1.82) is 0 Å². The predicted molar refractivity (Wildman–Crippen MR) is 110 cm³/mol. The molecule has 0 radical (unpaired) electrons. The summed E-state index contributed by atoms with van der Waals surface area (Å²) < 4.78 is 5.79. The quantitative estimate of drug-likeness (QED) is 0.544. The van der Waals surface area contributed by atoms with Crippen molar-refractivity contribution in [2.75, 3.05) is 5.32 Å². The van der Waals surface area contributed by atoms with E-state index < -0.39 is 0 Å². The van der Waals surface area contributed by atoms with E-state index in [1.807, 2.05) is 66.7 Å². The van der Waals surface area contributed by atoms with Gasteiger partial charge in [0.15, 0.2) is 0 Å². The maximum absolute atomic E-state index is 12.2. The van der Waals surface area contributed by atoms with E-state index in [1.54, 1.807) is 6.07 Å². The number of benzene rings is 3. The Morgan fingerprint density at radius 3 is 2.52 bits per heavy atom. The molecule has 1 aliphatic rings. The Kier molecular flexibility index (Phi) is 4.88. The lowest BCUT2D eigenvalue weighted by atomic mass is 10.0. The highest BCUT2D eigenvalue weighted by Crippen LogP contribution is 2.34. The van der Waals surface area contributed by atoms with Crippen molar-refractivity contribution in [2.45, 2.75) is 6.61 Å². The summed E-state index contributed by atoms with van der Waals surface area (Å²) >= 11 is 12.3. The normalized spacial score (nSPS) is 14.1. The van der Waals surface area contributed by atoms with Crippen LogP contribution in [0.25, 0.3) is 11.6 Å². The molecule has 27 heavy (non-hydrogen) atoms. The van der Waals surface area contributed by atoms with E-state index in [0.29, 0.717) is 28.0 Å². The van der Waals surface area contributed by atoms with Crippen LogP contribution in [-0.2, 0) is 11.4 Å². The lowest BCUT2D eigenvalue weighted by Gasteiger charge is -2.09. The number of fused-ring (bicyclic) bond motifs is 1. The molecule has 0 atom stereocenters. The highest BCUT2D eigenvalue weighted by molar-refractivity contribution is 6.35. The van der Waals surface area contributed by atoms with Crippen LogP contribution in [0, 0.1) is 0 Å². The lowest BCUT2D eigenvalue weighted by molar-refractivity contribution is -0.110. The molecule has 1 N–H and O–H groups in total. The van der Waals surface area contributed by atoms with Crippen LogP contribution in [0.3, 0.4) is 0 Å². The molecule has 1 amide bonds. The van der Waals surface area contributed by atoms with Crippen LogP contribution >= 0.6 is 23.2 Å². The van der Waals surface area contributed by atoms with Gasteiger partial charge in [-0.15, -0.1) is 0 Å². The molecule has 0 fully saturated rings. The Bertz CT molecular complexity index is 1040. The van der Waals surface area contributed by atoms with Crippen LogP contribution in [-0.4, -0.2) is 5.91 Å². The Labute approximate surface area is 167 Å². The zero-order chi connectivity index (χ0) is 18.8. The average Bonchev–Trinajstić information content (AvgIpc) is 2.98. The maximum Gasteiger partial charge on any atom is 0.256 e. The number of rotatable bonds is 4. The maximum atomic E-state index is 12.2. The van der Waals surface area contributed by atoms with Gasteiger partial charge in [-0.2, -0.15) is 0 Å². The molecule has 1 heterocycles. The molecule has 0 spiro atoms. The third kappa shape index (κ3) is 3.85. The number of hydrogen-bond donors (Lipinski definition) is 1. The average molecular weight is 396 g/mol. The molecule has 0 unspecified atom stereocenters. The van der Waals surface area contributed by atoms with E-state index in [0.717, 1.165) is 22.4 Å². The summed E-state index contributed by atoms with van der Waals surface area (Å²) in [6.07, 6.45) is 1.83. The van der Waals surface area contributed by atoms with Crippen LogP contribution in [0.1, 0.15) is 16.7 Å². The molecule has 0 bridgehead atoms. The number of anilines is 1. The fourth-order valence-electron chi connectivity index (χ4n) is 2.91. The van der Waals surface area contributed by atoms with Gasteiger partial charge in [0.25, 0.3) is 5.91 Å². The van der Waals surface area contributed by atoms with Crippen LogP contribution in [0.4, 0.5) is 5.69 Å². The van der Waals surface area contributed by atoms with E-state index in [4.69, 9.17) is 27.9 Å². The van der Waals surface area contributed by atoms with Gasteiger partial charge in [0, 0.05) is 21.8 Å². The summed E-state index contributed by atoms with van der Waals surface area (Å²) in [6.45, 7) is 0.396. The van der Waals surface area contributed by atoms with E-state index in [2.05, 4.69) is 5.32 Å². The van der Waals surface area contributed by atoms with E-state index in [1.165, 1.54) is 0 Å². The van der Waals surface area contributed by atoms with Crippen molar-refractivity contribution in [3.63, 3.8) is 0 Å². The van der Waals surface area contributed by atoms with Gasteiger partial charge < -0.3 is 10.1 Å². The molecule has 4 rings (SSSR count). The fourth-order valence-corrected chi connectivity index (χ4v) is 3.28. The number of halogens is 2.